The van der Waals surface area contributed by atoms with Crippen molar-refractivity contribution in [3.05, 3.63) is 30.7 Å². The Kier molecular flexibility index (Phi) is 9.06. The molecule has 1 saturated carbocycles. The van der Waals surface area contributed by atoms with E-state index < -0.39 is 10.0 Å². The van der Waals surface area contributed by atoms with Gasteiger partial charge in [0.1, 0.15) is 11.9 Å². The first-order valence-corrected chi connectivity index (χ1v) is 15.7. The Morgan fingerprint density at radius 2 is 1.79 bits per heavy atom. The molecule has 2 fully saturated rings. The second kappa shape index (κ2) is 12.9. The summed E-state index contributed by atoms with van der Waals surface area (Å²) in [4.78, 5) is 33.3. The maximum absolute atomic E-state index is 11.8. The van der Waals surface area contributed by atoms with Crippen molar-refractivity contribution in [3.63, 3.8) is 0 Å². The average Bonchev–Trinajstić information content (AvgIpc) is 2.97. The van der Waals surface area contributed by atoms with Crippen LogP contribution in [-0.4, -0.2) is 105 Å². The molecule has 0 radical (unpaired) electrons. The van der Waals surface area contributed by atoms with E-state index in [1.54, 1.807) is 32.6 Å². The molecule has 5 rings (SSSR count). The Hall–Kier alpha value is -3.98. The number of aromatic nitrogens is 4. The van der Waals surface area contributed by atoms with Gasteiger partial charge in [0.05, 0.1) is 54.7 Å². The van der Waals surface area contributed by atoms with Crippen molar-refractivity contribution in [1.29, 1.82) is 0 Å². The molecule has 3 aromatic rings. The zero-order valence-corrected chi connectivity index (χ0v) is 24.8. The minimum Gasteiger partial charge on any atom is -0.481 e. The van der Waals surface area contributed by atoms with Crippen LogP contribution in [0.3, 0.4) is 0 Å². The average molecular weight is 601 g/mol. The van der Waals surface area contributed by atoms with Gasteiger partial charge in [-0.05, 0) is 31.7 Å². The van der Waals surface area contributed by atoms with E-state index in [0.717, 1.165) is 37.8 Å². The van der Waals surface area contributed by atoms with Crippen LogP contribution in [0.2, 0.25) is 0 Å². The van der Waals surface area contributed by atoms with Gasteiger partial charge >= 0.3 is 0 Å². The lowest BCUT2D eigenvalue weighted by Crippen LogP contribution is -2.37. The van der Waals surface area contributed by atoms with Crippen LogP contribution in [0.5, 0.6) is 11.6 Å². The number of fused-ring (bicyclic) bond motifs is 1. The zero-order valence-electron chi connectivity index (χ0n) is 23.9. The Morgan fingerprint density at radius 1 is 1.07 bits per heavy atom. The van der Waals surface area contributed by atoms with Gasteiger partial charge in [0.25, 0.3) is 5.91 Å². The first-order chi connectivity index (χ1) is 20.1. The number of nitrogens with one attached hydrogen (secondary N) is 2. The second-order valence-electron chi connectivity index (χ2n) is 10.6. The first-order valence-electron chi connectivity index (χ1n) is 13.8. The lowest BCUT2D eigenvalue weighted by Gasteiger charge is -2.31. The first kappa shape index (κ1) is 29.5. The van der Waals surface area contributed by atoms with E-state index in [2.05, 4.69) is 29.9 Å². The smallest absolute Gasteiger partial charge is 0.259 e. The SMILES string of the molecule is CN(C)C(=O)COc1cnc(N[C@H]2CC[C@@H](Oc3nc(N4CCOCC4)cc4ncc(NS(C)(=O)=O)cc34)CC2)nc1. The molecule has 1 aliphatic carbocycles. The number of amides is 1. The standard InChI is InChI=1S/C27H36N8O6S/c1-34(2)25(36)17-40-21-15-29-27(30-16-21)31-18-4-6-20(7-5-18)41-26-22-12-19(33-42(3,37)38)14-28-23(22)13-24(32-26)35-8-10-39-11-9-35/h12-16,18,20,33H,4-11,17H2,1-3H3,(H,29,30,31)/t18-,20+. The summed E-state index contributed by atoms with van der Waals surface area (Å²) in [6.07, 6.45) is 8.86. The maximum Gasteiger partial charge on any atom is 0.259 e. The summed E-state index contributed by atoms with van der Waals surface area (Å²) in [6, 6.07) is 3.78. The van der Waals surface area contributed by atoms with Crippen molar-refractivity contribution in [3.8, 4) is 11.6 Å². The quantitative estimate of drug-likeness (QED) is 0.348. The molecule has 3 aromatic heterocycles. The number of ether oxygens (including phenoxy) is 3. The van der Waals surface area contributed by atoms with Gasteiger partial charge < -0.3 is 29.3 Å². The van der Waals surface area contributed by atoms with Crippen LogP contribution in [0.4, 0.5) is 17.5 Å². The largest absolute Gasteiger partial charge is 0.481 e. The van der Waals surface area contributed by atoms with Gasteiger partial charge in [-0.1, -0.05) is 0 Å². The van der Waals surface area contributed by atoms with Gasteiger partial charge in [0.15, 0.2) is 12.4 Å². The molecule has 2 N–H and O–H groups in total. The fourth-order valence-corrected chi connectivity index (χ4v) is 5.34. The molecule has 1 aliphatic heterocycles. The van der Waals surface area contributed by atoms with Crippen LogP contribution in [0, 0.1) is 0 Å². The van der Waals surface area contributed by atoms with E-state index in [1.807, 2.05) is 6.07 Å². The number of likely N-dealkylation sites (N-methyl/N-ethyl adjacent to an activating group) is 1. The number of pyridine rings is 2. The summed E-state index contributed by atoms with van der Waals surface area (Å²) in [6.45, 7) is 2.59. The number of hydrogen-bond acceptors (Lipinski definition) is 12. The van der Waals surface area contributed by atoms with Gasteiger partial charge in [0, 0.05) is 39.3 Å². The minimum absolute atomic E-state index is 0.0712. The third kappa shape index (κ3) is 7.85. The highest BCUT2D eigenvalue weighted by Crippen LogP contribution is 2.33. The van der Waals surface area contributed by atoms with Crippen LogP contribution in [0.15, 0.2) is 30.7 Å². The van der Waals surface area contributed by atoms with Gasteiger partial charge in [-0.2, -0.15) is 4.98 Å². The molecule has 2 aliphatic rings. The molecule has 0 atom stereocenters. The zero-order chi connectivity index (χ0) is 29.7. The van der Waals surface area contributed by atoms with Crippen molar-refractivity contribution >= 4 is 44.3 Å². The fourth-order valence-electron chi connectivity index (χ4n) is 4.80. The Balaban J connectivity index is 1.24. The lowest BCUT2D eigenvalue weighted by molar-refractivity contribution is -0.130. The molecule has 0 aromatic carbocycles. The summed E-state index contributed by atoms with van der Waals surface area (Å²) < 4.78 is 43.5. The highest BCUT2D eigenvalue weighted by Gasteiger charge is 2.25. The van der Waals surface area contributed by atoms with Crippen molar-refractivity contribution in [2.75, 3.05) is 68.2 Å². The number of rotatable bonds is 10. The van der Waals surface area contributed by atoms with E-state index in [1.165, 1.54) is 11.1 Å². The molecule has 1 amide bonds. The molecule has 0 unspecified atom stereocenters. The monoisotopic (exact) mass is 600 g/mol. The van der Waals surface area contributed by atoms with Crippen molar-refractivity contribution < 1.29 is 27.4 Å². The van der Waals surface area contributed by atoms with Crippen molar-refractivity contribution in [2.24, 2.45) is 0 Å². The van der Waals surface area contributed by atoms with Gasteiger partial charge in [-0.3, -0.25) is 14.5 Å². The van der Waals surface area contributed by atoms with Crippen molar-refractivity contribution in [2.45, 2.75) is 37.8 Å². The van der Waals surface area contributed by atoms with Crippen LogP contribution in [0.1, 0.15) is 25.7 Å². The number of morpholine rings is 1. The van der Waals surface area contributed by atoms with E-state index in [-0.39, 0.29) is 24.7 Å². The molecule has 0 bridgehead atoms. The fraction of sp³-hybridized carbons (Fsp3) is 0.519. The topological polar surface area (TPSA) is 161 Å². The summed E-state index contributed by atoms with van der Waals surface area (Å²) >= 11 is 0. The summed E-state index contributed by atoms with van der Waals surface area (Å²) in [7, 11) is -0.129. The van der Waals surface area contributed by atoms with Gasteiger partial charge in [-0.15, -0.1) is 0 Å². The van der Waals surface area contributed by atoms with Crippen LogP contribution < -0.4 is 24.4 Å². The highest BCUT2D eigenvalue weighted by atomic mass is 32.2. The number of anilines is 3. The summed E-state index contributed by atoms with van der Waals surface area (Å²) in [5, 5.41) is 4.01. The molecule has 15 heteroatoms. The number of carbonyl (C=O) groups excluding carboxylic acids is 1. The van der Waals surface area contributed by atoms with E-state index in [4.69, 9.17) is 19.2 Å². The predicted octanol–water partition coefficient (Wildman–Crippen LogP) is 1.90. The summed E-state index contributed by atoms with van der Waals surface area (Å²) in [5.41, 5.74) is 1.02. The summed E-state index contributed by atoms with van der Waals surface area (Å²) in [5.74, 6) is 1.96. The molecule has 14 nitrogen and oxygen atoms in total. The number of hydrogen-bond donors (Lipinski definition) is 2. The number of carbonyl (C=O) groups is 1. The molecule has 4 heterocycles. The van der Waals surface area contributed by atoms with Gasteiger partial charge in [0.2, 0.25) is 21.9 Å². The van der Waals surface area contributed by atoms with Crippen molar-refractivity contribution in [1.82, 2.24) is 24.8 Å². The molecule has 1 saturated heterocycles. The maximum atomic E-state index is 11.8. The minimum atomic E-state index is -3.47. The van der Waals surface area contributed by atoms with Gasteiger partial charge in [-0.25, -0.2) is 18.4 Å². The van der Waals surface area contributed by atoms with E-state index in [9.17, 15) is 13.2 Å². The van der Waals surface area contributed by atoms with Crippen LogP contribution in [-0.2, 0) is 19.6 Å². The molecule has 226 valence electrons. The third-order valence-electron chi connectivity index (χ3n) is 7.04. The number of nitrogens with zero attached hydrogens (tertiary/aromatic N) is 6. The number of sulfonamides is 1. The highest BCUT2D eigenvalue weighted by molar-refractivity contribution is 7.92. The Morgan fingerprint density at radius 3 is 2.45 bits per heavy atom. The molecule has 42 heavy (non-hydrogen) atoms. The molecular formula is C27H36N8O6S. The third-order valence-corrected chi connectivity index (χ3v) is 7.65. The predicted molar refractivity (Wildman–Crippen MR) is 158 cm³/mol. The Bertz CT molecular complexity index is 1490. The normalized spacial score (nSPS) is 19.3. The van der Waals surface area contributed by atoms with E-state index in [0.29, 0.717) is 60.5 Å². The van der Waals surface area contributed by atoms with Crippen LogP contribution >= 0.6 is 0 Å². The second-order valence-corrected chi connectivity index (χ2v) is 12.4. The van der Waals surface area contributed by atoms with E-state index >= 15 is 0 Å². The molecule has 0 spiro atoms. The Labute approximate surface area is 244 Å². The lowest BCUT2D eigenvalue weighted by atomic mass is 9.93. The molecular weight excluding hydrogens is 564 g/mol. The van der Waals surface area contributed by atoms with Crippen LogP contribution in [0.25, 0.3) is 10.9 Å².